The van der Waals surface area contributed by atoms with Crippen LogP contribution in [0.25, 0.3) is 0 Å². The molecule has 2 heterocycles. The molecule has 31 heavy (non-hydrogen) atoms. The number of hydrogen-bond donors (Lipinski definition) is 2. The van der Waals surface area contributed by atoms with Crippen molar-refractivity contribution in [1.82, 2.24) is 10.3 Å². The number of carbonyl (C=O) groups excluding carboxylic acids is 2. The number of nitrogens with one attached hydrogen (secondary N) is 2. The Kier molecular flexibility index (Phi) is 6.39. The first-order valence-corrected chi connectivity index (χ1v) is 11.3. The molecule has 0 saturated carbocycles. The molecule has 0 aliphatic carbocycles. The average Bonchev–Trinajstić information content (AvgIpc) is 3.11. The van der Waals surface area contributed by atoms with Gasteiger partial charge < -0.3 is 10.2 Å². The van der Waals surface area contributed by atoms with Gasteiger partial charge >= 0.3 is 0 Å². The molecule has 6 nitrogen and oxygen atoms in total. The van der Waals surface area contributed by atoms with Crippen LogP contribution < -0.4 is 15.8 Å². The summed E-state index contributed by atoms with van der Waals surface area (Å²) in [5.74, 6) is -0.101. The van der Waals surface area contributed by atoms with E-state index in [0.29, 0.717) is 19.0 Å². The Morgan fingerprint density at radius 2 is 1.81 bits per heavy atom. The molecule has 2 aliphatic rings. The van der Waals surface area contributed by atoms with Gasteiger partial charge in [-0.05, 0) is 48.7 Å². The molecular formula is C25H32N4O2. The summed E-state index contributed by atoms with van der Waals surface area (Å²) < 4.78 is 0. The van der Waals surface area contributed by atoms with Gasteiger partial charge in [-0.1, -0.05) is 51.1 Å². The molecule has 0 bridgehead atoms. The summed E-state index contributed by atoms with van der Waals surface area (Å²) >= 11 is 0. The Morgan fingerprint density at radius 3 is 2.45 bits per heavy atom. The first-order valence-electron chi connectivity index (χ1n) is 11.3. The number of rotatable bonds is 6. The number of benzene rings is 2. The largest absolute Gasteiger partial charge is 0.326 e. The summed E-state index contributed by atoms with van der Waals surface area (Å²) in [4.78, 5) is 28.8. The van der Waals surface area contributed by atoms with Crippen LogP contribution in [0.3, 0.4) is 0 Å². The number of carbonyl (C=O) groups is 2. The first-order chi connectivity index (χ1) is 15.0. The van der Waals surface area contributed by atoms with Crippen LogP contribution in [0.5, 0.6) is 0 Å². The molecule has 6 heteroatoms. The van der Waals surface area contributed by atoms with Crippen LogP contribution in [0.4, 0.5) is 11.4 Å². The van der Waals surface area contributed by atoms with Crippen molar-refractivity contribution in [2.24, 2.45) is 11.8 Å². The molecule has 164 valence electrons. The maximum absolute atomic E-state index is 13.3. The Morgan fingerprint density at radius 1 is 1.10 bits per heavy atom. The van der Waals surface area contributed by atoms with E-state index in [0.717, 1.165) is 24.3 Å². The third-order valence-electron chi connectivity index (χ3n) is 6.33. The molecule has 0 aromatic heterocycles. The average molecular weight is 421 g/mol. The van der Waals surface area contributed by atoms with Gasteiger partial charge in [-0.15, -0.1) is 0 Å². The smallest absolute Gasteiger partial charge is 0.247 e. The number of nitrogens with zero attached hydrogens (tertiary/aromatic N) is 2. The predicted octanol–water partition coefficient (Wildman–Crippen LogP) is 3.63. The van der Waals surface area contributed by atoms with E-state index in [1.807, 2.05) is 42.5 Å². The Labute approximate surface area is 184 Å². The van der Waals surface area contributed by atoms with Crippen molar-refractivity contribution in [2.45, 2.75) is 39.2 Å². The van der Waals surface area contributed by atoms with Crippen LogP contribution in [0.2, 0.25) is 0 Å². The van der Waals surface area contributed by atoms with Crippen molar-refractivity contribution in [1.29, 1.82) is 0 Å². The first kappa shape index (κ1) is 21.5. The van der Waals surface area contributed by atoms with Crippen LogP contribution in [-0.2, 0) is 9.59 Å². The quantitative estimate of drug-likeness (QED) is 0.749. The van der Waals surface area contributed by atoms with Gasteiger partial charge in [0.05, 0.1) is 23.6 Å². The highest BCUT2D eigenvalue weighted by Gasteiger charge is 2.50. The summed E-state index contributed by atoms with van der Waals surface area (Å²) in [5, 5.41) is 4.71. The van der Waals surface area contributed by atoms with E-state index in [4.69, 9.17) is 0 Å². The second-order valence-corrected chi connectivity index (χ2v) is 8.90. The van der Waals surface area contributed by atoms with E-state index in [9.17, 15) is 9.59 Å². The number of fused-ring (bicyclic) bond motifs is 1. The number of amides is 2. The fraction of sp³-hybridized carbons (Fsp3) is 0.440. The van der Waals surface area contributed by atoms with E-state index < -0.39 is 0 Å². The SMILES string of the molecule is CCCN1CC(C(=O)Nc2ccc(C(C)C)cc2)C2NN(c3ccccc3)C(=O)C2C1. The molecule has 2 amide bonds. The fourth-order valence-electron chi connectivity index (χ4n) is 4.64. The molecule has 4 rings (SSSR count). The van der Waals surface area contributed by atoms with E-state index in [1.54, 1.807) is 5.01 Å². The van der Waals surface area contributed by atoms with Gasteiger partial charge in [0.1, 0.15) is 0 Å². The minimum absolute atomic E-state index is 0.0380. The topological polar surface area (TPSA) is 64.7 Å². The monoisotopic (exact) mass is 420 g/mol. The van der Waals surface area contributed by atoms with Gasteiger partial charge in [0, 0.05) is 18.8 Å². The van der Waals surface area contributed by atoms with Crippen molar-refractivity contribution in [3.05, 3.63) is 60.2 Å². The second-order valence-electron chi connectivity index (χ2n) is 8.90. The molecule has 2 N–H and O–H groups in total. The normalized spacial score (nSPS) is 23.8. The van der Waals surface area contributed by atoms with Gasteiger partial charge in [0.2, 0.25) is 11.8 Å². The van der Waals surface area contributed by atoms with Gasteiger partial charge in [-0.25, -0.2) is 10.4 Å². The molecule has 3 unspecified atom stereocenters. The van der Waals surface area contributed by atoms with Gasteiger partial charge in [0.15, 0.2) is 0 Å². The Bertz CT molecular complexity index is 913. The number of likely N-dealkylation sites (tertiary alicyclic amines) is 1. The lowest BCUT2D eigenvalue weighted by Gasteiger charge is -2.38. The Hall–Kier alpha value is -2.70. The lowest BCUT2D eigenvalue weighted by atomic mass is 9.83. The van der Waals surface area contributed by atoms with Crippen molar-refractivity contribution in [3.8, 4) is 0 Å². The van der Waals surface area contributed by atoms with Gasteiger partial charge in [0.25, 0.3) is 0 Å². The Balaban J connectivity index is 1.54. The summed E-state index contributed by atoms with van der Waals surface area (Å²) in [7, 11) is 0. The highest BCUT2D eigenvalue weighted by molar-refractivity contribution is 6.00. The number of para-hydroxylation sites is 1. The molecular weight excluding hydrogens is 388 g/mol. The van der Waals surface area contributed by atoms with E-state index in [2.05, 4.69) is 48.5 Å². The third-order valence-corrected chi connectivity index (χ3v) is 6.33. The van der Waals surface area contributed by atoms with Crippen LogP contribution in [0, 0.1) is 11.8 Å². The lowest BCUT2D eigenvalue weighted by Crippen LogP contribution is -2.56. The van der Waals surface area contributed by atoms with E-state index in [-0.39, 0.29) is 29.7 Å². The highest BCUT2D eigenvalue weighted by Crippen LogP contribution is 2.32. The minimum atomic E-state index is -0.312. The van der Waals surface area contributed by atoms with Crippen molar-refractivity contribution >= 4 is 23.2 Å². The summed E-state index contributed by atoms with van der Waals surface area (Å²) in [6.07, 6.45) is 0.992. The van der Waals surface area contributed by atoms with E-state index in [1.165, 1.54) is 5.56 Å². The summed E-state index contributed by atoms with van der Waals surface area (Å²) in [5.41, 5.74) is 6.21. The number of anilines is 2. The number of hydrogen-bond acceptors (Lipinski definition) is 4. The molecule has 3 atom stereocenters. The molecule has 2 aliphatic heterocycles. The molecule has 2 fully saturated rings. The van der Waals surface area contributed by atoms with E-state index >= 15 is 0 Å². The fourth-order valence-corrected chi connectivity index (χ4v) is 4.64. The predicted molar refractivity (Wildman–Crippen MR) is 124 cm³/mol. The van der Waals surface area contributed by atoms with Crippen LogP contribution >= 0.6 is 0 Å². The summed E-state index contributed by atoms with van der Waals surface area (Å²) in [6, 6.07) is 17.4. The zero-order valence-electron chi connectivity index (χ0n) is 18.5. The van der Waals surface area contributed by atoms with Gasteiger partial charge in [-0.3, -0.25) is 9.59 Å². The zero-order chi connectivity index (χ0) is 22.0. The van der Waals surface area contributed by atoms with Crippen molar-refractivity contribution in [2.75, 3.05) is 30.0 Å². The molecule has 0 radical (unpaired) electrons. The van der Waals surface area contributed by atoms with Crippen molar-refractivity contribution in [3.63, 3.8) is 0 Å². The second kappa shape index (κ2) is 9.20. The number of hydrazine groups is 1. The summed E-state index contributed by atoms with van der Waals surface area (Å²) in [6.45, 7) is 8.64. The highest BCUT2D eigenvalue weighted by atomic mass is 16.2. The van der Waals surface area contributed by atoms with Gasteiger partial charge in [-0.2, -0.15) is 0 Å². The number of piperidine rings is 1. The van der Waals surface area contributed by atoms with Crippen LogP contribution in [-0.4, -0.2) is 42.4 Å². The molecule has 2 saturated heterocycles. The molecule has 2 aromatic carbocycles. The zero-order valence-corrected chi connectivity index (χ0v) is 18.5. The van der Waals surface area contributed by atoms with Crippen LogP contribution in [0.1, 0.15) is 38.7 Å². The van der Waals surface area contributed by atoms with Crippen LogP contribution in [0.15, 0.2) is 54.6 Å². The van der Waals surface area contributed by atoms with Crippen molar-refractivity contribution < 1.29 is 9.59 Å². The molecule has 2 aromatic rings. The minimum Gasteiger partial charge on any atom is -0.326 e. The maximum atomic E-state index is 13.3. The standard InChI is InChI=1S/C25H32N4O2/c1-4-14-28-15-21(24(30)26-19-12-10-18(11-13-19)17(2)3)23-22(16-28)25(31)29(27-23)20-8-6-5-7-9-20/h5-13,17,21-23,27H,4,14-16H2,1-3H3,(H,26,30). The third kappa shape index (κ3) is 4.50. The maximum Gasteiger partial charge on any atom is 0.247 e. The lowest BCUT2D eigenvalue weighted by molar-refractivity contribution is -0.126. The molecule has 0 spiro atoms.